The zero-order valence-electron chi connectivity index (χ0n) is 14.2. The summed E-state index contributed by atoms with van der Waals surface area (Å²) in [5.74, 6) is 0.495. The van der Waals surface area contributed by atoms with Gasteiger partial charge in [-0.05, 0) is 44.7 Å². The molecule has 2 heterocycles. The fraction of sp³-hybridized carbons (Fsp3) is 0.421. The number of aromatic nitrogens is 1. The Morgan fingerprint density at radius 3 is 2.56 bits per heavy atom. The van der Waals surface area contributed by atoms with Crippen LogP contribution in [0.3, 0.4) is 0 Å². The van der Waals surface area contributed by atoms with Crippen LogP contribution in [0, 0.1) is 6.92 Å². The van der Waals surface area contributed by atoms with E-state index < -0.39 is 0 Å². The van der Waals surface area contributed by atoms with E-state index in [4.69, 9.17) is 4.52 Å². The number of aryl methyl sites for hydroxylation is 1. The lowest BCUT2D eigenvalue weighted by molar-refractivity contribution is 0.0532. The Morgan fingerprint density at radius 1 is 1.20 bits per heavy atom. The third kappa shape index (κ3) is 2.98. The van der Waals surface area contributed by atoms with E-state index in [1.165, 1.54) is 4.90 Å². The van der Waals surface area contributed by atoms with E-state index in [0.717, 1.165) is 37.1 Å². The SMILES string of the molecule is Cc1cc(CN[C@H]2CCC[C@H](N3C(=O)c4ccccc4C3=O)C2)on1. The molecule has 1 aliphatic carbocycles. The molecule has 2 atom stereocenters. The van der Waals surface area contributed by atoms with Crippen LogP contribution in [-0.2, 0) is 6.54 Å². The normalized spacial score (nSPS) is 23.2. The minimum Gasteiger partial charge on any atom is -0.360 e. The van der Waals surface area contributed by atoms with E-state index >= 15 is 0 Å². The highest BCUT2D eigenvalue weighted by Gasteiger charge is 2.41. The van der Waals surface area contributed by atoms with Crippen LogP contribution in [-0.4, -0.2) is 34.0 Å². The van der Waals surface area contributed by atoms with Gasteiger partial charge in [0.05, 0.1) is 23.4 Å². The first-order chi connectivity index (χ1) is 12.1. The average Bonchev–Trinajstić information content (AvgIpc) is 3.15. The molecule has 1 N–H and O–H groups in total. The molecular weight excluding hydrogens is 318 g/mol. The van der Waals surface area contributed by atoms with Crippen LogP contribution in [0.2, 0.25) is 0 Å². The first-order valence-electron chi connectivity index (χ1n) is 8.76. The number of hydrogen-bond acceptors (Lipinski definition) is 5. The number of carbonyl (C=O) groups is 2. The van der Waals surface area contributed by atoms with Crippen molar-refractivity contribution in [2.24, 2.45) is 0 Å². The van der Waals surface area contributed by atoms with Gasteiger partial charge in [-0.15, -0.1) is 0 Å². The molecule has 0 unspecified atom stereocenters. The zero-order chi connectivity index (χ0) is 17.4. The van der Waals surface area contributed by atoms with Gasteiger partial charge in [-0.25, -0.2) is 0 Å². The lowest BCUT2D eigenvalue weighted by Crippen LogP contribution is -2.46. The van der Waals surface area contributed by atoms with Crippen molar-refractivity contribution < 1.29 is 14.1 Å². The summed E-state index contributed by atoms with van der Waals surface area (Å²) in [7, 11) is 0. The van der Waals surface area contributed by atoms with Crippen molar-refractivity contribution in [3.8, 4) is 0 Å². The largest absolute Gasteiger partial charge is 0.360 e. The van der Waals surface area contributed by atoms with Gasteiger partial charge in [0.1, 0.15) is 0 Å². The monoisotopic (exact) mass is 339 g/mol. The van der Waals surface area contributed by atoms with E-state index in [-0.39, 0.29) is 23.9 Å². The molecule has 1 saturated carbocycles. The Hall–Kier alpha value is -2.47. The Morgan fingerprint density at radius 2 is 1.92 bits per heavy atom. The van der Waals surface area contributed by atoms with Gasteiger partial charge in [0.15, 0.2) is 5.76 Å². The fourth-order valence-corrected chi connectivity index (χ4v) is 3.87. The summed E-state index contributed by atoms with van der Waals surface area (Å²) < 4.78 is 5.23. The number of nitrogens with zero attached hydrogens (tertiary/aromatic N) is 2. The first kappa shape index (κ1) is 16.0. The Balaban J connectivity index is 1.43. The van der Waals surface area contributed by atoms with Crippen molar-refractivity contribution in [1.82, 2.24) is 15.4 Å². The summed E-state index contributed by atoms with van der Waals surface area (Å²) in [5, 5.41) is 7.36. The molecule has 0 spiro atoms. The van der Waals surface area contributed by atoms with Crippen LogP contribution in [0.5, 0.6) is 0 Å². The number of carbonyl (C=O) groups excluding carboxylic acids is 2. The van der Waals surface area contributed by atoms with Gasteiger partial charge in [0.25, 0.3) is 11.8 Å². The minimum absolute atomic E-state index is 0.0462. The molecule has 1 aromatic heterocycles. The molecule has 1 fully saturated rings. The van der Waals surface area contributed by atoms with Gasteiger partial charge < -0.3 is 9.84 Å². The van der Waals surface area contributed by atoms with Crippen LogP contribution in [0.1, 0.15) is 57.9 Å². The van der Waals surface area contributed by atoms with Crippen LogP contribution >= 0.6 is 0 Å². The van der Waals surface area contributed by atoms with Crippen molar-refractivity contribution in [3.63, 3.8) is 0 Å². The molecule has 4 rings (SSSR count). The Bertz CT molecular complexity index is 779. The molecule has 0 bridgehead atoms. The lowest BCUT2D eigenvalue weighted by atomic mass is 9.90. The maximum Gasteiger partial charge on any atom is 0.261 e. The smallest absolute Gasteiger partial charge is 0.261 e. The number of hydrogen-bond donors (Lipinski definition) is 1. The van der Waals surface area contributed by atoms with Crippen LogP contribution in [0.15, 0.2) is 34.9 Å². The van der Waals surface area contributed by atoms with Crippen LogP contribution < -0.4 is 5.32 Å². The molecule has 6 heteroatoms. The molecule has 2 aliphatic rings. The van der Waals surface area contributed by atoms with E-state index in [2.05, 4.69) is 10.5 Å². The van der Waals surface area contributed by atoms with Crippen molar-refractivity contribution in [2.45, 2.75) is 51.2 Å². The summed E-state index contributed by atoms with van der Waals surface area (Å²) >= 11 is 0. The third-order valence-corrected chi connectivity index (χ3v) is 5.08. The summed E-state index contributed by atoms with van der Waals surface area (Å²) in [6.45, 7) is 2.51. The molecule has 2 aromatic rings. The highest BCUT2D eigenvalue weighted by atomic mass is 16.5. The molecule has 25 heavy (non-hydrogen) atoms. The molecule has 1 aliphatic heterocycles. The predicted molar refractivity (Wildman–Crippen MR) is 91.1 cm³/mol. The minimum atomic E-state index is -0.155. The zero-order valence-corrected chi connectivity index (χ0v) is 14.2. The summed E-state index contributed by atoms with van der Waals surface area (Å²) in [6.07, 6.45) is 3.67. The molecule has 6 nitrogen and oxygen atoms in total. The number of imide groups is 1. The summed E-state index contributed by atoms with van der Waals surface area (Å²) in [4.78, 5) is 26.8. The second-order valence-electron chi connectivity index (χ2n) is 6.86. The van der Waals surface area contributed by atoms with Crippen LogP contribution in [0.25, 0.3) is 0 Å². The fourth-order valence-electron chi connectivity index (χ4n) is 3.87. The van der Waals surface area contributed by atoms with Gasteiger partial charge in [-0.3, -0.25) is 14.5 Å². The topological polar surface area (TPSA) is 75.4 Å². The lowest BCUT2D eigenvalue weighted by Gasteiger charge is -2.34. The van der Waals surface area contributed by atoms with Gasteiger partial charge in [-0.1, -0.05) is 17.3 Å². The van der Waals surface area contributed by atoms with Crippen LogP contribution in [0.4, 0.5) is 0 Å². The van der Waals surface area contributed by atoms with E-state index in [0.29, 0.717) is 17.7 Å². The van der Waals surface area contributed by atoms with Crippen molar-refractivity contribution >= 4 is 11.8 Å². The van der Waals surface area contributed by atoms with Crippen molar-refractivity contribution in [1.29, 1.82) is 0 Å². The number of fused-ring (bicyclic) bond motifs is 1. The van der Waals surface area contributed by atoms with Crippen molar-refractivity contribution in [2.75, 3.05) is 0 Å². The summed E-state index contributed by atoms with van der Waals surface area (Å²) in [6, 6.07) is 9.21. The number of benzene rings is 1. The summed E-state index contributed by atoms with van der Waals surface area (Å²) in [5.41, 5.74) is 1.92. The van der Waals surface area contributed by atoms with Crippen molar-refractivity contribution in [3.05, 3.63) is 52.9 Å². The second kappa shape index (κ2) is 6.44. The highest BCUT2D eigenvalue weighted by molar-refractivity contribution is 6.21. The van der Waals surface area contributed by atoms with E-state index in [1.54, 1.807) is 24.3 Å². The van der Waals surface area contributed by atoms with Gasteiger partial charge >= 0.3 is 0 Å². The predicted octanol–water partition coefficient (Wildman–Crippen LogP) is 2.68. The number of nitrogens with one attached hydrogen (secondary N) is 1. The highest BCUT2D eigenvalue weighted by Crippen LogP contribution is 2.31. The van der Waals surface area contributed by atoms with Gasteiger partial charge in [0, 0.05) is 18.2 Å². The third-order valence-electron chi connectivity index (χ3n) is 5.08. The number of amides is 2. The molecular formula is C19H21N3O3. The second-order valence-corrected chi connectivity index (χ2v) is 6.86. The molecule has 1 aromatic carbocycles. The Labute approximate surface area is 146 Å². The average molecular weight is 339 g/mol. The maximum atomic E-state index is 12.7. The quantitative estimate of drug-likeness (QED) is 0.867. The molecule has 0 saturated heterocycles. The van der Waals surface area contributed by atoms with E-state index in [9.17, 15) is 9.59 Å². The maximum absolute atomic E-state index is 12.7. The number of rotatable bonds is 4. The first-order valence-corrected chi connectivity index (χ1v) is 8.76. The van der Waals surface area contributed by atoms with Gasteiger partial charge in [0.2, 0.25) is 0 Å². The van der Waals surface area contributed by atoms with Gasteiger partial charge in [-0.2, -0.15) is 0 Å². The van der Waals surface area contributed by atoms with E-state index in [1.807, 2.05) is 13.0 Å². The molecule has 130 valence electrons. The molecule has 0 radical (unpaired) electrons. The molecule has 2 amide bonds. The Kier molecular flexibility index (Phi) is 4.13. The standard InChI is InChI=1S/C19H21N3O3/c1-12-9-15(25-21-12)11-20-13-5-4-6-14(10-13)22-18(23)16-7-2-3-8-17(16)19(22)24/h2-3,7-9,13-14,20H,4-6,10-11H2,1H3/t13-,14-/m0/s1.